The molecule has 1 aromatic carbocycles. The second-order valence-corrected chi connectivity index (χ2v) is 21.2. The van der Waals surface area contributed by atoms with Crippen molar-refractivity contribution in [3.05, 3.63) is 30.3 Å². The third-order valence-corrected chi connectivity index (χ3v) is 4.05. The molecule has 0 spiro atoms. The average molecular weight is 361 g/mol. The summed E-state index contributed by atoms with van der Waals surface area (Å²) in [4.78, 5) is 0. The molecule has 0 saturated heterocycles. The van der Waals surface area contributed by atoms with Crippen LogP contribution >= 0.6 is 66.5 Å². The van der Waals surface area contributed by atoms with Gasteiger partial charge in [0.1, 0.15) is 0 Å². The van der Waals surface area contributed by atoms with Crippen LogP contribution in [-0.4, -0.2) is 12.0 Å². The van der Waals surface area contributed by atoms with Crippen LogP contribution < -0.4 is 5.19 Å². The lowest BCUT2D eigenvalue weighted by Crippen LogP contribution is -2.29. The topological polar surface area (TPSA) is 0 Å². The zero-order valence-electron chi connectivity index (χ0n) is 7.65. The molecule has 0 amide bonds. The molecule has 8 heteroatoms. The molecule has 0 aliphatic carbocycles. The van der Waals surface area contributed by atoms with E-state index in [4.69, 9.17) is 66.5 Å². The number of hydrogen-bond acceptors (Lipinski definition) is 0. The SMILES string of the molecule is C[Si](Cl)(Cl)Cl.Cl[Si](Cl)(Cl)c1ccccc1. The van der Waals surface area contributed by atoms with Crippen molar-refractivity contribution >= 4 is 83.7 Å². The van der Waals surface area contributed by atoms with Crippen molar-refractivity contribution in [2.24, 2.45) is 0 Å². The van der Waals surface area contributed by atoms with E-state index in [1.807, 2.05) is 30.3 Å². The number of hydrogen-bond donors (Lipinski definition) is 0. The largest absolute Gasteiger partial charge is 0.372 e. The first kappa shape index (κ1) is 16.4. The molecule has 0 aliphatic rings. The van der Waals surface area contributed by atoms with Gasteiger partial charge in [-0.1, -0.05) is 30.3 Å². The van der Waals surface area contributed by atoms with Gasteiger partial charge in [-0.25, -0.2) is 0 Å². The highest BCUT2D eigenvalue weighted by Crippen LogP contribution is 2.18. The molecular formula is C7H8Cl6Si2. The molecule has 0 radical (unpaired) electrons. The summed E-state index contributed by atoms with van der Waals surface area (Å²) in [6.45, 7) is 1.62. The summed E-state index contributed by atoms with van der Waals surface area (Å²) in [6, 6.07) is 4.48. The number of benzene rings is 1. The molecule has 0 atom stereocenters. The van der Waals surface area contributed by atoms with E-state index in [2.05, 4.69) is 0 Å². The molecule has 1 rings (SSSR count). The fourth-order valence-corrected chi connectivity index (χ4v) is 2.33. The third-order valence-electron chi connectivity index (χ3n) is 1.10. The van der Waals surface area contributed by atoms with Crippen LogP contribution in [0.15, 0.2) is 30.3 Å². The highest BCUT2D eigenvalue weighted by Gasteiger charge is 2.26. The van der Waals surface area contributed by atoms with Crippen molar-refractivity contribution in [2.75, 3.05) is 0 Å². The Morgan fingerprint density at radius 3 is 1.33 bits per heavy atom. The van der Waals surface area contributed by atoms with Crippen LogP contribution in [0.1, 0.15) is 0 Å². The Morgan fingerprint density at radius 1 is 0.800 bits per heavy atom. The van der Waals surface area contributed by atoms with Crippen LogP contribution in [0.25, 0.3) is 0 Å². The average Bonchev–Trinajstić information content (AvgIpc) is 2.01. The molecule has 0 saturated carbocycles. The second-order valence-electron chi connectivity index (χ2n) is 2.65. The molecule has 0 aliphatic heterocycles. The first-order valence-corrected chi connectivity index (χ1v) is 14.4. The van der Waals surface area contributed by atoms with Crippen LogP contribution in [0.4, 0.5) is 0 Å². The van der Waals surface area contributed by atoms with Gasteiger partial charge in [-0.3, -0.25) is 0 Å². The Kier molecular flexibility index (Phi) is 7.62. The van der Waals surface area contributed by atoms with Gasteiger partial charge in [0.05, 0.1) is 0 Å². The molecule has 0 aromatic heterocycles. The molecule has 1 aromatic rings. The number of halogens is 6. The van der Waals surface area contributed by atoms with E-state index in [9.17, 15) is 0 Å². The van der Waals surface area contributed by atoms with Gasteiger partial charge in [-0.2, -0.15) is 0 Å². The lowest BCUT2D eigenvalue weighted by Gasteiger charge is -2.05. The van der Waals surface area contributed by atoms with Crippen molar-refractivity contribution < 1.29 is 0 Å². The summed E-state index contributed by atoms with van der Waals surface area (Å²) in [5.74, 6) is 0. The lowest BCUT2D eigenvalue weighted by molar-refractivity contribution is 1.77. The molecule has 0 fully saturated rings. The summed E-state index contributed by atoms with van der Waals surface area (Å²) >= 11 is 32.8. The molecule has 0 unspecified atom stereocenters. The maximum atomic E-state index is 5.73. The van der Waals surface area contributed by atoms with Crippen molar-refractivity contribution in [2.45, 2.75) is 6.55 Å². The van der Waals surface area contributed by atoms with Crippen LogP contribution in [0, 0.1) is 0 Å². The quantitative estimate of drug-likeness (QED) is 0.497. The minimum Gasteiger partial charge on any atom is -0.126 e. The smallest absolute Gasteiger partial charge is 0.126 e. The highest BCUT2D eigenvalue weighted by molar-refractivity contribution is 7.69. The van der Waals surface area contributed by atoms with Crippen molar-refractivity contribution in [3.8, 4) is 0 Å². The molecule has 0 bridgehead atoms. The predicted octanol–water partition coefficient (Wildman–Crippen LogP) is 4.82. The van der Waals surface area contributed by atoms with E-state index < -0.39 is 12.0 Å². The van der Waals surface area contributed by atoms with E-state index in [0.717, 1.165) is 5.19 Å². The Morgan fingerprint density at radius 2 is 1.13 bits per heavy atom. The Balaban J connectivity index is 0.000000336. The second kappa shape index (κ2) is 6.97. The van der Waals surface area contributed by atoms with Crippen LogP contribution in [0.2, 0.25) is 6.55 Å². The molecule has 0 heterocycles. The summed E-state index contributed by atoms with van der Waals surface area (Å²) < 4.78 is 0. The Labute approximate surface area is 120 Å². The minimum atomic E-state index is -2.62. The van der Waals surface area contributed by atoms with E-state index in [-0.39, 0.29) is 0 Å². The fourth-order valence-electron chi connectivity index (χ4n) is 0.627. The predicted molar refractivity (Wildman–Crippen MR) is 78.6 cm³/mol. The first-order chi connectivity index (χ1) is 6.61. The van der Waals surface area contributed by atoms with Gasteiger partial charge in [-0.15, -0.1) is 66.5 Å². The molecule has 0 nitrogen and oxygen atoms in total. The zero-order valence-corrected chi connectivity index (χ0v) is 14.2. The van der Waals surface area contributed by atoms with Gasteiger partial charge in [0.25, 0.3) is 0 Å². The van der Waals surface area contributed by atoms with Gasteiger partial charge < -0.3 is 0 Å². The van der Waals surface area contributed by atoms with Gasteiger partial charge >= 0.3 is 12.0 Å². The maximum absolute atomic E-state index is 5.73. The monoisotopic (exact) mass is 358 g/mol. The fraction of sp³-hybridized carbons (Fsp3) is 0.143. The first-order valence-electron chi connectivity index (χ1n) is 3.79. The maximum Gasteiger partial charge on any atom is 0.372 e. The van der Waals surface area contributed by atoms with Gasteiger partial charge in [0.15, 0.2) is 0 Å². The summed E-state index contributed by atoms with van der Waals surface area (Å²) in [7, 11) is 0. The van der Waals surface area contributed by atoms with Crippen molar-refractivity contribution in [1.82, 2.24) is 0 Å². The summed E-state index contributed by atoms with van der Waals surface area (Å²) in [5, 5.41) is 0.833. The lowest BCUT2D eigenvalue weighted by atomic mass is 10.4. The van der Waals surface area contributed by atoms with Crippen LogP contribution in [-0.2, 0) is 0 Å². The number of rotatable bonds is 1. The van der Waals surface area contributed by atoms with E-state index in [1.54, 1.807) is 6.55 Å². The normalized spacial score (nSPS) is 11.7. The van der Waals surface area contributed by atoms with E-state index >= 15 is 0 Å². The van der Waals surface area contributed by atoms with Crippen LogP contribution in [0.3, 0.4) is 0 Å². The van der Waals surface area contributed by atoms with Crippen LogP contribution in [0.5, 0.6) is 0 Å². The minimum absolute atomic E-state index is 0.833. The van der Waals surface area contributed by atoms with Gasteiger partial charge in [0.2, 0.25) is 0 Å². The summed E-state index contributed by atoms with van der Waals surface area (Å²) in [5.41, 5.74) is 0. The Bertz CT molecular complexity index is 272. The van der Waals surface area contributed by atoms with Gasteiger partial charge in [-0.05, 0) is 11.7 Å². The van der Waals surface area contributed by atoms with Crippen molar-refractivity contribution in [1.29, 1.82) is 0 Å². The standard InChI is InChI=1S/C6H5Cl3Si.CH3Cl3Si/c7-10(8,9)6-4-2-1-3-5-6;1-5(2,3)4/h1-5H;1H3. The zero-order chi connectivity index (χ0) is 12.1. The molecule has 15 heavy (non-hydrogen) atoms. The van der Waals surface area contributed by atoms with E-state index in [0.29, 0.717) is 0 Å². The molecule has 86 valence electrons. The van der Waals surface area contributed by atoms with E-state index in [1.165, 1.54) is 0 Å². The van der Waals surface area contributed by atoms with Gasteiger partial charge in [0, 0.05) is 0 Å². The third kappa shape index (κ3) is 11.7. The molecule has 0 N–H and O–H groups in total. The summed E-state index contributed by atoms with van der Waals surface area (Å²) in [6.07, 6.45) is 0. The van der Waals surface area contributed by atoms with Crippen molar-refractivity contribution in [3.63, 3.8) is 0 Å². The molecular weight excluding hydrogens is 353 g/mol. The highest BCUT2D eigenvalue weighted by atomic mass is 35.8. The Hall–Kier alpha value is 1.39.